The van der Waals surface area contributed by atoms with E-state index in [1.54, 1.807) is 0 Å². The highest BCUT2D eigenvalue weighted by Crippen LogP contribution is 2.32. The van der Waals surface area contributed by atoms with E-state index in [9.17, 15) is 13.2 Å². The number of hydrogen-bond donors (Lipinski definition) is 2. The zero-order chi connectivity index (χ0) is 15.5. The van der Waals surface area contributed by atoms with Crippen molar-refractivity contribution in [2.24, 2.45) is 11.8 Å². The summed E-state index contributed by atoms with van der Waals surface area (Å²) < 4.78 is 37.9. The average molecular weight is 301 g/mol. The van der Waals surface area contributed by atoms with Gasteiger partial charge < -0.3 is 11.1 Å². The van der Waals surface area contributed by atoms with E-state index in [0.29, 0.717) is 18.2 Å². The molecule has 1 saturated carbocycles. The number of alkyl halides is 3. The number of nitrogens with one attached hydrogen (secondary N) is 1. The molecule has 3 N–H and O–H groups in total. The van der Waals surface area contributed by atoms with Crippen molar-refractivity contribution < 1.29 is 13.2 Å². The maximum absolute atomic E-state index is 12.6. The van der Waals surface area contributed by atoms with E-state index in [2.05, 4.69) is 17.2 Å². The van der Waals surface area contributed by atoms with Crippen LogP contribution < -0.4 is 11.1 Å². The molecule has 0 bridgehead atoms. The van der Waals surface area contributed by atoms with Crippen molar-refractivity contribution in [3.63, 3.8) is 0 Å². The Hall–Kier alpha value is -1.46. The van der Waals surface area contributed by atoms with Crippen LogP contribution in [0.5, 0.6) is 0 Å². The van der Waals surface area contributed by atoms with E-state index >= 15 is 0 Å². The van der Waals surface area contributed by atoms with Gasteiger partial charge >= 0.3 is 6.18 Å². The van der Waals surface area contributed by atoms with Crippen molar-refractivity contribution in [1.29, 1.82) is 0 Å². The van der Waals surface area contributed by atoms with Gasteiger partial charge in [0.15, 0.2) is 0 Å². The van der Waals surface area contributed by atoms with Gasteiger partial charge in [0.05, 0.1) is 17.6 Å². The number of nitrogens with zero attached hydrogens (tertiary/aromatic N) is 1. The third kappa shape index (κ3) is 4.51. The third-order valence-electron chi connectivity index (χ3n) is 4.14. The Kier molecular flexibility index (Phi) is 4.96. The number of hydrogen-bond acceptors (Lipinski definition) is 3. The van der Waals surface area contributed by atoms with Crippen LogP contribution in [0.25, 0.3) is 0 Å². The molecule has 0 spiro atoms. The minimum absolute atomic E-state index is 0.250. The number of rotatable bonds is 4. The lowest BCUT2D eigenvalue weighted by Gasteiger charge is -2.26. The van der Waals surface area contributed by atoms with Crippen LogP contribution in [0.3, 0.4) is 0 Å². The fourth-order valence-electron chi connectivity index (χ4n) is 3.01. The number of aromatic nitrogens is 1. The highest BCUT2D eigenvalue weighted by Gasteiger charge is 2.33. The van der Waals surface area contributed by atoms with Crippen LogP contribution in [-0.4, -0.2) is 11.5 Å². The quantitative estimate of drug-likeness (QED) is 0.871. The first-order valence-corrected chi connectivity index (χ1v) is 7.43. The minimum Gasteiger partial charge on any atom is -0.396 e. The maximum Gasteiger partial charge on any atom is 0.433 e. The Labute approximate surface area is 123 Å². The zero-order valence-electron chi connectivity index (χ0n) is 12.2. The van der Waals surface area contributed by atoms with E-state index < -0.39 is 11.9 Å². The molecule has 1 aromatic heterocycles. The molecular weight excluding hydrogens is 279 g/mol. The van der Waals surface area contributed by atoms with Crippen LogP contribution in [0.2, 0.25) is 0 Å². The fraction of sp³-hybridized carbons (Fsp3) is 0.667. The van der Waals surface area contributed by atoms with Crippen molar-refractivity contribution in [1.82, 2.24) is 4.98 Å². The van der Waals surface area contributed by atoms with Gasteiger partial charge in [-0.05, 0) is 30.7 Å². The molecule has 0 saturated heterocycles. The fourth-order valence-corrected chi connectivity index (χ4v) is 3.01. The SMILES string of the molecule is CC1CCCC(CCNc2cc(C(F)(F)F)ncc2N)C1. The second-order valence-electron chi connectivity index (χ2n) is 6.01. The van der Waals surface area contributed by atoms with E-state index in [1.165, 1.54) is 25.7 Å². The summed E-state index contributed by atoms with van der Waals surface area (Å²) >= 11 is 0. The summed E-state index contributed by atoms with van der Waals surface area (Å²) in [5, 5.41) is 3.02. The van der Waals surface area contributed by atoms with Gasteiger partial charge in [0, 0.05) is 6.54 Å². The first-order valence-electron chi connectivity index (χ1n) is 7.43. The molecule has 0 aliphatic heterocycles. The molecule has 6 heteroatoms. The van der Waals surface area contributed by atoms with Gasteiger partial charge in [-0.2, -0.15) is 13.2 Å². The molecule has 2 rings (SSSR count). The summed E-state index contributed by atoms with van der Waals surface area (Å²) in [6.07, 6.45) is 2.55. The largest absolute Gasteiger partial charge is 0.433 e. The van der Waals surface area contributed by atoms with Gasteiger partial charge in [0.1, 0.15) is 5.69 Å². The van der Waals surface area contributed by atoms with Crippen molar-refractivity contribution in [2.45, 2.75) is 45.2 Å². The second kappa shape index (κ2) is 6.54. The highest BCUT2D eigenvalue weighted by atomic mass is 19.4. The van der Waals surface area contributed by atoms with E-state index in [4.69, 9.17) is 5.73 Å². The van der Waals surface area contributed by atoms with Crippen LogP contribution in [-0.2, 0) is 6.18 Å². The molecule has 1 fully saturated rings. The van der Waals surface area contributed by atoms with E-state index in [1.807, 2.05) is 0 Å². The Bertz CT molecular complexity index is 474. The van der Waals surface area contributed by atoms with E-state index in [-0.39, 0.29) is 5.69 Å². The van der Waals surface area contributed by atoms with Crippen LogP contribution in [0, 0.1) is 11.8 Å². The number of halogens is 3. The Balaban J connectivity index is 1.90. The topological polar surface area (TPSA) is 50.9 Å². The zero-order valence-corrected chi connectivity index (χ0v) is 12.2. The summed E-state index contributed by atoms with van der Waals surface area (Å²) in [6.45, 7) is 2.90. The standard InChI is InChI=1S/C15H22F3N3/c1-10-3-2-4-11(7-10)5-6-20-13-8-14(15(16,17)18)21-9-12(13)19/h8-11H,2-7,19H2,1H3,(H,20,21). The Morgan fingerprint density at radius 1 is 1.38 bits per heavy atom. The van der Waals surface area contributed by atoms with Crippen LogP contribution >= 0.6 is 0 Å². The first kappa shape index (κ1) is 15.9. The van der Waals surface area contributed by atoms with Gasteiger partial charge in [-0.25, -0.2) is 4.98 Å². The summed E-state index contributed by atoms with van der Waals surface area (Å²) in [5.74, 6) is 1.41. The van der Waals surface area contributed by atoms with Gasteiger partial charge in [-0.1, -0.05) is 26.2 Å². The van der Waals surface area contributed by atoms with Gasteiger partial charge in [-0.15, -0.1) is 0 Å². The third-order valence-corrected chi connectivity index (χ3v) is 4.14. The summed E-state index contributed by atoms with van der Waals surface area (Å²) in [6, 6.07) is 0.985. The van der Waals surface area contributed by atoms with Crippen LogP contribution in [0.15, 0.2) is 12.3 Å². The summed E-state index contributed by atoms with van der Waals surface area (Å²) in [4.78, 5) is 3.33. The maximum atomic E-state index is 12.6. The van der Waals surface area contributed by atoms with Gasteiger partial charge in [-0.3, -0.25) is 0 Å². The predicted octanol–water partition coefficient (Wildman–Crippen LogP) is 4.31. The second-order valence-corrected chi connectivity index (χ2v) is 6.01. The number of pyridine rings is 1. The lowest BCUT2D eigenvalue weighted by Crippen LogP contribution is -2.17. The molecule has 3 nitrogen and oxygen atoms in total. The molecule has 0 aromatic carbocycles. The monoisotopic (exact) mass is 301 g/mol. The number of nitrogen functional groups attached to an aromatic ring is 1. The molecule has 118 valence electrons. The molecular formula is C15H22F3N3. The molecule has 0 amide bonds. The van der Waals surface area contributed by atoms with Crippen molar-refractivity contribution >= 4 is 11.4 Å². The van der Waals surface area contributed by atoms with E-state index in [0.717, 1.165) is 24.6 Å². The highest BCUT2D eigenvalue weighted by molar-refractivity contribution is 5.65. The minimum atomic E-state index is -4.44. The molecule has 2 unspecified atom stereocenters. The predicted molar refractivity (Wildman–Crippen MR) is 77.9 cm³/mol. The lowest BCUT2D eigenvalue weighted by atomic mass is 9.81. The first-order chi connectivity index (χ1) is 9.86. The molecule has 21 heavy (non-hydrogen) atoms. The van der Waals surface area contributed by atoms with Crippen molar-refractivity contribution in [2.75, 3.05) is 17.6 Å². The van der Waals surface area contributed by atoms with Crippen molar-refractivity contribution in [3.8, 4) is 0 Å². The number of nitrogens with two attached hydrogens (primary N) is 1. The smallest absolute Gasteiger partial charge is 0.396 e. The molecule has 0 radical (unpaired) electrons. The Morgan fingerprint density at radius 2 is 2.14 bits per heavy atom. The lowest BCUT2D eigenvalue weighted by molar-refractivity contribution is -0.141. The van der Waals surface area contributed by atoms with Crippen LogP contribution in [0.4, 0.5) is 24.5 Å². The number of anilines is 2. The van der Waals surface area contributed by atoms with Gasteiger partial charge in [0.25, 0.3) is 0 Å². The average Bonchev–Trinajstić information content (AvgIpc) is 2.39. The molecule has 1 aromatic rings. The molecule has 1 aliphatic carbocycles. The van der Waals surface area contributed by atoms with Crippen LogP contribution in [0.1, 0.15) is 44.7 Å². The Morgan fingerprint density at radius 3 is 2.81 bits per heavy atom. The summed E-state index contributed by atoms with van der Waals surface area (Å²) in [7, 11) is 0. The normalized spacial score (nSPS) is 23.0. The molecule has 1 aliphatic rings. The summed E-state index contributed by atoms with van der Waals surface area (Å²) in [5.41, 5.74) is 5.34. The molecule has 1 heterocycles. The molecule has 2 atom stereocenters. The van der Waals surface area contributed by atoms with Crippen molar-refractivity contribution in [3.05, 3.63) is 18.0 Å². The van der Waals surface area contributed by atoms with Gasteiger partial charge in [0.2, 0.25) is 0 Å².